The van der Waals surface area contributed by atoms with Crippen LogP contribution in [-0.4, -0.2) is 11.7 Å². The topological polar surface area (TPSA) is 46.2 Å². The van der Waals surface area contributed by atoms with E-state index in [9.17, 15) is 5.11 Å². The molecule has 0 aliphatic rings. The Hall–Kier alpha value is -1.64. The molecule has 0 aromatic heterocycles. The molecule has 0 saturated heterocycles. The molecule has 3 N–H and O–H groups in total. The van der Waals surface area contributed by atoms with Crippen LogP contribution < -0.4 is 5.73 Å². The van der Waals surface area contributed by atoms with Crippen molar-refractivity contribution in [1.82, 2.24) is 0 Å². The number of hydrogen-bond acceptors (Lipinski definition) is 2. The minimum absolute atomic E-state index is 0.0621. The van der Waals surface area contributed by atoms with Crippen molar-refractivity contribution >= 4 is 0 Å². The predicted molar refractivity (Wildman–Crippen MR) is 83.6 cm³/mol. The number of rotatable bonds is 4. The summed E-state index contributed by atoms with van der Waals surface area (Å²) in [5.74, 6) is -0.0621. The maximum Gasteiger partial charge on any atom is 0.118 e. The van der Waals surface area contributed by atoms with E-state index in [1.165, 1.54) is 11.1 Å². The van der Waals surface area contributed by atoms with Gasteiger partial charge in [0.1, 0.15) is 5.60 Å². The molecule has 0 unspecified atom stereocenters. The Kier molecular flexibility index (Phi) is 4.26. The average Bonchev–Trinajstić information content (AvgIpc) is 2.47. The number of hydrogen-bond donors (Lipinski definition) is 2. The lowest BCUT2D eigenvalue weighted by Gasteiger charge is -2.35. The summed E-state index contributed by atoms with van der Waals surface area (Å²) in [7, 11) is 0. The van der Waals surface area contributed by atoms with E-state index in [1.54, 1.807) is 0 Å². The highest BCUT2D eigenvalue weighted by atomic mass is 16.3. The molecule has 0 spiro atoms. The Labute approximate surface area is 121 Å². The van der Waals surface area contributed by atoms with Gasteiger partial charge in [-0.05, 0) is 31.5 Å². The molecule has 0 heterocycles. The minimum Gasteiger partial charge on any atom is -0.380 e. The van der Waals surface area contributed by atoms with Crippen LogP contribution >= 0.6 is 0 Å². The normalized spacial score (nSPS) is 13.2. The first-order valence-corrected chi connectivity index (χ1v) is 7.05. The van der Waals surface area contributed by atoms with Crippen LogP contribution in [0.4, 0.5) is 0 Å². The van der Waals surface area contributed by atoms with Gasteiger partial charge in [-0.15, -0.1) is 0 Å². The molecule has 0 radical (unpaired) electrons. The monoisotopic (exact) mass is 269 g/mol. The first-order chi connectivity index (χ1) is 9.48. The van der Waals surface area contributed by atoms with Crippen molar-refractivity contribution in [2.75, 3.05) is 6.54 Å². The smallest absolute Gasteiger partial charge is 0.118 e. The summed E-state index contributed by atoms with van der Waals surface area (Å²) >= 11 is 0. The molecule has 0 amide bonds. The van der Waals surface area contributed by atoms with Crippen molar-refractivity contribution in [1.29, 1.82) is 0 Å². The molecule has 0 bridgehead atoms. The van der Waals surface area contributed by atoms with Crippen molar-refractivity contribution in [3.05, 3.63) is 70.8 Å². The standard InChI is InChI=1S/C18H23NO/c1-13-4-8-16(9-5-13)18(20,15(3)12-19)17-10-6-14(2)7-11-17/h4-11,15,20H,12,19H2,1-3H3/t15-/m1/s1. The fourth-order valence-corrected chi connectivity index (χ4v) is 2.52. The second-order valence-electron chi connectivity index (χ2n) is 5.64. The van der Waals surface area contributed by atoms with Crippen molar-refractivity contribution in [2.45, 2.75) is 26.4 Å². The van der Waals surface area contributed by atoms with Gasteiger partial charge in [0.25, 0.3) is 0 Å². The quantitative estimate of drug-likeness (QED) is 0.895. The summed E-state index contributed by atoms with van der Waals surface area (Å²) in [5, 5.41) is 11.3. The van der Waals surface area contributed by atoms with Crippen molar-refractivity contribution in [2.24, 2.45) is 11.7 Å². The number of aryl methyl sites for hydroxylation is 2. The first-order valence-electron chi connectivity index (χ1n) is 7.05. The molecule has 0 saturated carbocycles. The van der Waals surface area contributed by atoms with Crippen LogP contribution in [0.25, 0.3) is 0 Å². The van der Waals surface area contributed by atoms with E-state index < -0.39 is 5.60 Å². The molecule has 2 aromatic carbocycles. The Bertz CT molecular complexity index is 511. The fraction of sp³-hybridized carbons (Fsp3) is 0.333. The van der Waals surface area contributed by atoms with Gasteiger partial charge in [-0.3, -0.25) is 0 Å². The molecule has 0 fully saturated rings. The molecule has 2 aromatic rings. The van der Waals surface area contributed by atoms with Crippen LogP contribution in [0.2, 0.25) is 0 Å². The summed E-state index contributed by atoms with van der Waals surface area (Å²) in [4.78, 5) is 0. The molecule has 20 heavy (non-hydrogen) atoms. The Morgan fingerprint density at radius 2 is 1.25 bits per heavy atom. The second-order valence-corrected chi connectivity index (χ2v) is 5.64. The van der Waals surface area contributed by atoms with Gasteiger partial charge in [-0.1, -0.05) is 66.6 Å². The molecule has 2 rings (SSSR count). The van der Waals surface area contributed by atoms with E-state index in [-0.39, 0.29) is 5.92 Å². The maximum atomic E-state index is 11.3. The lowest BCUT2D eigenvalue weighted by atomic mass is 9.76. The van der Waals surface area contributed by atoms with Crippen molar-refractivity contribution in [3.8, 4) is 0 Å². The van der Waals surface area contributed by atoms with Gasteiger partial charge in [-0.2, -0.15) is 0 Å². The highest BCUT2D eigenvalue weighted by molar-refractivity contribution is 5.39. The van der Waals surface area contributed by atoms with Gasteiger partial charge < -0.3 is 10.8 Å². The van der Waals surface area contributed by atoms with Crippen LogP contribution in [0, 0.1) is 19.8 Å². The average molecular weight is 269 g/mol. The molecule has 106 valence electrons. The molecule has 1 atom stereocenters. The molecule has 0 aliphatic heterocycles. The van der Waals surface area contributed by atoms with Crippen molar-refractivity contribution in [3.63, 3.8) is 0 Å². The van der Waals surface area contributed by atoms with Gasteiger partial charge in [0.15, 0.2) is 0 Å². The zero-order valence-corrected chi connectivity index (χ0v) is 12.4. The van der Waals surface area contributed by atoms with Gasteiger partial charge in [-0.25, -0.2) is 0 Å². The third-order valence-corrected chi connectivity index (χ3v) is 4.05. The van der Waals surface area contributed by atoms with E-state index >= 15 is 0 Å². The summed E-state index contributed by atoms with van der Waals surface area (Å²) < 4.78 is 0. The number of aliphatic hydroxyl groups is 1. The van der Waals surface area contributed by atoms with E-state index in [1.807, 2.05) is 69.3 Å². The van der Waals surface area contributed by atoms with Crippen LogP contribution in [0.5, 0.6) is 0 Å². The van der Waals surface area contributed by atoms with Gasteiger partial charge in [0.05, 0.1) is 0 Å². The summed E-state index contributed by atoms with van der Waals surface area (Å²) in [5.41, 5.74) is 8.94. The Morgan fingerprint density at radius 1 is 0.900 bits per heavy atom. The third-order valence-electron chi connectivity index (χ3n) is 4.05. The second kappa shape index (κ2) is 5.78. The molecule has 2 heteroatoms. The lowest BCUT2D eigenvalue weighted by Crippen LogP contribution is -2.38. The predicted octanol–water partition coefficient (Wildman–Crippen LogP) is 3.13. The summed E-state index contributed by atoms with van der Waals surface area (Å²) in [6, 6.07) is 16.1. The highest BCUT2D eigenvalue weighted by Crippen LogP contribution is 2.36. The zero-order chi connectivity index (χ0) is 14.8. The van der Waals surface area contributed by atoms with Gasteiger partial charge >= 0.3 is 0 Å². The van der Waals surface area contributed by atoms with Crippen LogP contribution in [-0.2, 0) is 5.60 Å². The highest BCUT2D eigenvalue weighted by Gasteiger charge is 2.36. The number of benzene rings is 2. The maximum absolute atomic E-state index is 11.3. The fourth-order valence-electron chi connectivity index (χ4n) is 2.52. The third kappa shape index (κ3) is 2.62. The molecule has 2 nitrogen and oxygen atoms in total. The minimum atomic E-state index is -1.05. The number of nitrogens with two attached hydrogens (primary N) is 1. The Morgan fingerprint density at radius 3 is 1.55 bits per heavy atom. The van der Waals surface area contributed by atoms with E-state index in [0.717, 1.165) is 11.1 Å². The largest absolute Gasteiger partial charge is 0.380 e. The van der Waals surface area contributed by atoms with Gasteiger partial charge in [0.2, 0.25) is 0 Å². The van der Waals surface area contributed by atoms with Crippen LogP contribution in [0.15, 0.2) is 48.5 Å². The SMILES string of the molecule is Cc1ccc(C(O)(c2ccc(C)cc2)[C@H](C)CN)cc1. The van der Waals surface area contributed by atoms with E-state index in [2.05, 4.69) is 0 Å². The van der Waals surface area contributed by atoms with E-state index in [0.29, 0.717) is 6.54 Å². The summed E-state index contributed by atoms with van der Waals surface area (Å²) in [6.07, 6.45) is 0. The summed E-state index contributed by atoms with van der Waals surface area (Å²) in [6.45, 7) is 6.50. The van der Waals surface area contributed by atoms with E-state index in [4.69, 9.17) is 5.73 Å². The van der Waals surface area contributed by atoms with Crippen LogP contribution in [0.3, 0.4) is 0 Å². The lowest BCUT2D eigenvalue weighted by molar-refractivity contribution is 0.0276. The molecular weight excluding hydrogens is 246 g/mol. The molecule has 0 aliphatic carbocycles. The van der Waals surface area contributed by atoms with Gasteiger partial charge in [0, 0.05) is 5.92 Å². The van der Waals surface area contributed by atoms with Crippen molar-refractivity contribution < 1.29 is 5.11 Å². The first kappa shape index (κ1) is 14.8. The Balaban J connectivity index is 2.55. The zero-order valence-electron chi connectivity index (χ0n) is 12.4. The van der Waals surface area contributed by atoms with Crippen LogP contribution in [0.1, 0.15) is 29.2 Å². The molecular formula is C18H23NO.